The van der Waals surface area contributed by atoms with Gasteiger partial charge in [-0.1, -0.05) is 19.4 Å². The Balaban J connectivity index is 1.51. The molecule has 0 aromatic carbocycles. The number of rotatable bonds is 9. The lowest BCUT2D eigenvalue weighted by Crippen LogP contribution is -2.43. The molecule has 44 heavy (non-hydrogen) atoms. The van der Waals surface area contributed by atoms with Gasteiger partial charge in [0.15, 0.2) is 23.5 Å². The highest BCUT2D eigenvalue weighted by molar-refractivity contribution is 7.63. The first-order valence-electron chi connectivity index (χ1n) is 15.6. The highest BCUT2D eigenvalue weighted by Crippen LogP contribution is 2.55. The molecule has 2 aromatic heterocycles. The maximum atomic E-state index is 13.6. The predicted molar refractivity (Wildman–Crippen MR) is 172 cm³/mol. The highest BCUT2D eigenvalue weighted by Gasteiger charge is 2.57. The Morgan fingerprint density at radius 3 is 2.45 bits per heavy atom. The summed E-state index contributed by atoms with van der Waals surface area (Å²) >= 11 is 6.52. The summed E-state index contributed by atoms with van der Waals surface area (Å²) in [4.78, 5) is 24.3. The minimum Gasteiger partial charge on any atom is -0.443 e. The van der Waals surface area contributed by atoms with Crippen molar-refractivity contribution in [1.29, 1.82) is 0 Å². The molecular formula is C29H47ClN5O7PSi. The van der Waals surface area contributed by atoms with Crippen molar-refractivity contribution in [2.75, 3.05) is 24.8 Å². The van der Waals surface area contributed by atoms with E-state index in [1.165, 1.54) is 0 Å². The summed E-state index contributed by atoms with van der Waals surface area (Å²) in [5.41, 5.74) is -0.290. The molecule has 0 spiro atoms. The van der Waals surface area contributed by atoms with Crippen molar-refractivity contribution in [1.82, 2.24) is 19.7 Å². The molecular weight excluding hydrogens is 625 g/mol. The summed E-state index contributed by atoms with van der Waals surface area (Å²) in [6.45, 7) is 17.1. The number of nitrogens with zero attached hydrogens (tertiary/aromatic N) is 5. The quantitative estimate of drug-likeness (QED) is 0.190. The van der Waals surface area contributed by atoms with Crippen LogP contribution in [0.1, 0.15) is 73.5 Å². The van der Waals surface area contributed by atoms with Crippen LogP contribution < -0.4 is 4.90 Å². The number of carbonyl (C=O) groups is 1. The van der Waals surface area contributed by atoms with Crippen molar-refractivity contribution in [2.45, 2.75) is 127 Å². The number of amides is 1. The molecule has 0 N–H and O–H groups in total. The zero-order valence-electron chi connectivity index (χ0n) is 27.3. The average molecular weight is 672 g/mol. The van der Waals surface area contributed by atoms with E-state index in [1.54, 1.807) is 29.1 Å². The van der Waals surface area contributed by atoms with Gasteiger partial charge in [0.2, 0.25) is 5.28 Å². The first kappa shape index (κ1) is 33.8. The lowest BCUT2D eigenvalue weighted by molar-refractivity contribution is -0.205. The lowest BCUT2D eigenvalue weighted by atomic mass is 10.1. The molecule has 2 aliphatic heterocycles. The Kier molecular flexibility index (Phi) is 9.36. The molecule has 5 atom stereocenters. The Morgan fingerprint density at radius 1 is 1.18 bits per heavy atom. The molecule has 0 radical (unpaired) electrons. The fourth-order valence-electron chi connectivity index (χ4n) is 6.35. The predicted octanol–water partition coefficient (Wildman–Crippen LogP) is 5.57. The van der Waals surface area contributed by atoms with E-state index >= 15 is 0 Å². The Morgan fingerprint density at radius 2 is 1.84 bits per heavy atom. The van der Waals surface area contributed by atoms with Crippen LogP contribution in [0.4, 0.5) is 10.6 Å². The minimum absolute atomic E-state index is 0.0275. The Hall–Kier alpha value is -1.60. The van der Waals surface area contributed by atoms with Crippen LogP contribution in [0.25, 0.3) is 11.0 Å². The summed E-state index contributed by atoms with van der Waals surface area (Å²) in [5.74, 6) is -0.511. The SMILES string of the molecule is C[SiH2]CC(C)(OC[C@H]1O[C@@H](n2ncc3c(N(C(=O)OC(C)(C)C)C4CCCC4)nc(Cl)nc32)[C@@H]2OC(C)(C)O[C@@H]21)P(C)(C)=O. The Labute approximate surface area is 267 Å². The number of aromatic nitrogens is 4. The van der Waals surface area contributed by atoms with Crippen molar-refractivity contribution in [3.05, 3.63) is 11.5 Å². The molecule has 1 amide bonds. The second-order valence-electron chi connectivity index (χ2n) is 14.1. The topological polar surface area (TPSA) is 127 Å². The first-order chi connectivity index (χ1) is 20.4. The van der Waals surface area contributed by atoms with Crippen molar-refractivity contribution >= 4 is 51.2 Å². The number of hydrogen-bond acceptors (Lipinski definition) is 10. The van der Waals surface area contributed by atoms with E-state index in [4.69, 9.17) is 35.3 Å². The summed E-state index contributed by atoms with van der Waals surface area (Å²) in [6.07, 6.45) is 2.59. The molecule has 1 saturated carbocycles. The standard InChI is InChI=1S/C29H47ClN5O7PSi/c1-27(2,3)42-26(36)34(17-12-10-11-13-17)22-18-14-31-35(23(18)33-25(30)32-22)24-21-20(40-28(4,5)41-21)19(39-24)15-38-29(6,16-44-9)43(7,8)37/h14,17,19-21,24H,10-13,15-16,44H2,1-9H3/t19-,20-,21-,24-,29?/m1/s1. The van der Waals surface area contributed by atoms with E-state index in [2.05, 4.69) is 21.6 Å². The molecule has 246 valence electrons. The van der Waals surface area contributed by atoms with Gasteiger partial charge in [0, 0.05) is 15.6 Å². The molecule has 3 aliphatic rings. The van der Waals surface area contributed by atoms with Gasteiger partial charge >= 0.3 is 6.09 Å². The number of hydrogen-bond donors (Lipinski definition) is 0. The van der Waals surface area contributed by atoms with E-state index in [0.717, 1.165) is 31.7 Å². The van der Waals surface area contributed by atoms with Gasteiger partial charge in [-0.25, -0.2) is 9.48 Å². The van der Waals surface area contributed by atoms with Crippen LogP contribution in [0.2, 0.25) is 17.9 Å². The van der Waals surface area contributed by atoms with Crippen LogP contribution in [0.15, 0.2) is 6.20 Å². The van der Waals surface area contributed by atoms with E-state index in [9.17, 15) is 9.36 Å². The van der Waals surface area contributed by atoms with Crippen LogP contribution in [-0.4, -0.2) is 96.4 Å². The number of carbonyl (C=O) groups excluding carboxylic acids is 1. The normalized spacial score (nSPS) is 27.3. The van der Waals surface area contributed by atoms with Crippen LogP contribution in [-0.2, 0) is 28.2 Å². The highest BCUT2D eigenvalue weighted by atomic mass is 35.5. The van der Waals surface area contributed by atoms with E-state index in [1.807, 2.05) is 41.5 Å². The van der Waals surface area contributed by atoms with Crippen LogP contribution in [0.5, 0.6) is 0 Å². The van der Waals surface area contributed by atoms with Crippen LogP contribution in [0, 0.1) is 0 Å². The van der Waals surface area contributed by atoms with Gasteiger partial charge in [0.05, 0.1) is 18.2 Å². The zero-order valence-corrected chi connectivity index (χ0v) is 30.4. The summed E-state index contributed by atoms with van der Waals surface area (Å²) in [7, 11) is -2.99. The smallest absolute Gasteiger partial charge is 0.416 e. The van der Waals surface area contributed by atoms with Crippen molar-refractivity contribution < 1.29 is 33.0 Å². The van der Waals surface area contributed by atoms with Crippen molar-refractivity contribution in [3.63, 3.8) is 0 Å². The molecule has 15 heteroatoms. The third-order valence-corrected chi connectivity index (χ3v) is 13.4. The third-order valence-electron chi connectivity index (χ3n) is 8.69. The molecule has 0 bridgehead atoms. The lowest BCUT2D eigenvalue weighted by Gasteiger charge is -2.35. The van der Waals surface area contributed by atoms with E-state index in [0.29, 0.717) is 16.9 Å². The number of ether oxygens (including phenoxy) is 5. The number of fused-ring (bicyclic) bond motifs is 2. The second kappa shape index (κ2) is 12.2. The second-order valence-corrected chi connectivity index (χ2v) is 19.6. The molecule has 2 saturated heterocycles. The maximum absolute atomic E-state index is 13.6. The summed E-state index contributed by atoms with van der Waals surface area (Å²) in [5, 5.41) is 4.46. The van der Waals surface area contributed by atoms with Crippen LogP contribution >= 0.6 is 18.7 Å². The van der Waals surface area contributed by atoms with Crippen molar-refractivity contribution in [2.24, 2.45) is 0 Å². The van der Waals surface area contributed by atoms with Crippen molar-refractivity contribution in [3.8, 4) is 0 Å². The van der Waals surface area contributed by atoms with Gasteiger partial charge in [0.1, 0.15) is 36.4 Å². The van der Waals surface area contributed by atoms with Gasteiger partial charge in [-0.05, 0) is 85.4 Å². The largest absolute Gasteiger partial charge is 0.443 e. The molecule has 3 fully saturated rings. The number of anilines is 1. The molecule has 1 aliphatic carbocycles. The van der Waals surface area contributed by atoms with Gasteiger partial charge in [-0.2, -0.15) is 15.1 Å². The van der Waals surface area contributed by atoms with Gasteiger partial charge in [0.25, 0.3) is 0 Å². The molecule has 12 nitrogen and oxygen atoms in total. The monoisotopic (exact) mass is 671 g/mol. The minimum atomic E-state index is -2.57. The first-order valence-corrected chi connectivity index (χ1v) is 21.0. The fourth-order valence-corrected chi connectivity index (χ4v) is 10.8. The van der Waals surface area contributed by atoms with Gasteiger partial charge < -0.3 is 28.2 Å². The third kappa shape index (κ3) is 6.75. The number of halogens is 1. The molecule has 1 unspecified atom stereocenters. The molecule has 4 heterocycles. The maximum Gasteiger partial charge on any atom is 0.416 e. The molecule has 2 aromatic rings. The Bertz CT molecular complexity index is 1420. The average Bonchev–Trinajstić information content (AvgIpc) is 3.66. The summed E-state index contributed by atoms with van der Waals surface area (Å²) in [6, 6.07) is 0.707. The fraction of sp³-hybridized carbons (Fsp3) is 0.793. The van der Waals surface area contributed by atoms with Crippen LogP contribution in [0.3, 0.4) is 0 Å². The van der Waals surface area contributed by atoms with E-state index in [-0.39, 0.29) is 17.9 Å². The molecule has 5 rings (SSSR count). The van der Waals surface area contributed by atoms with Gasteiger partial charge in [-0.3, -0.25) is 4.90 Å². The zero-order chi connectivity index (χ0) is 32.2. The summed E-state index contributed by atoms with van der Waals surface area (Å²) < 4.78 is 46.3. The van der Waals surface area contributed by atoms with Gasteiger partial charge in [-0.15, -0.1) is 0 Å². The van der Waals surface area contributed by atoms with E-state index < -0.39 is 64.0 Å².